The topological polar surface area (TPSA) is 42.0 Å². The molecule has 0 N–H and O–H groups in total. The van der Waals surface area contributed by atoms with Crippen molar-refractivity contribution in [3.8, 4) is 0 Å². The van der Waals surface area contributed by atoms with Crippen LogP contribution >= 0.6 is 0 Å². The van der Waals surface area contributed by atoms with Crippen molar-refractivity contribution in [2.75, 3.05) is 39.4 Å². The Morgan fingerprint density at radius 2 is 2.00 bits per heavy atom. The highest BCUT2D eigenvalue weighted by Crippen LogP contribution is 2.34. The number of amides is 1. The van der Waals surface area contributed by atoms with Gasteiger partial charge in [-0.25, -0.2) is 0 Å². The predicted octanol–water partition coefficient (Wildman–Crippen LogP) is 1.47. The van der Waals surface area contributed by atoms with Crippen molar-refractivity contribution in [1.29, 1.82) is 0 Å². The second-order valence-electron chi connectivity index (χ2n) is 6.69. The second kappa shape index (κ2) is 6.23. The van der Waals surface area contributed by atoms with Crippen LogP contribution in [0.3, 0.4) is 0 Å². The van der Waals surface area contributed by atoms with Crippen LogP contribution < -0.4 is 0 Å². The van der Waals surface area contributed by atoms with Gasteiger partial charge in [0.1, 0.15) is 0 Å². The van der Waals surface area contributed by atoms with Gasteiger partial charge in [0.15, 0.2) is 5.79 Å². The fourth-order valence-electron chi connectivity index (χ4n) is 3.61. The molecule has 2 saturated heterocycles. The number of ether oxygens (including phenoxy) is 2. The van der Waals surface area contributed by atoms with Crippen molar-refractivity contribution >= 4 is 5.91 Å². The van der Waals surface area contributed by atoms with Gasteiger partial charge in [0.2, 0.25) is 5.91 Å². The number of carbonyl (C=O) groups excluding carboxylic acids is 1. The molecule has 1 saturated carbocycles. The molecule has 5 nitrogen and oxygen atoms in total. The second-order valence-corrected chi connectivity index (χ2v) is 6.69. The van der Waals surface area contributed by atoms with E-state index < -0.39 is 5.79 Å². The number of carbonyl (C=O) groups is 1. The summed E-state index contributed by atoms with van der Waals surface area (Å²) in [6, 6.07) is 0.651. The van der Waals surface area contributed by atoms with Crippen molar-refractivity contribution in [3.63, 3.8) is 0 Å². The van der Waals surface area contributed by atoms with Crippen molar-refractivity contribution in [2.24, 2.45) is 5.92 Å². The van der Waals surface area contributed by atoms with Crippen molar-refractivity contribution in [1.82, 2.24) is 9.80 Å². The number of likely N-dealkylation sites (N-methyl/N-ethyl adjacent to an activating group) is 1. The molecule has 1 atom stereocenters. The zero-order chi connectivity index (χ0) is 14.9. The molecule has 0 radical (unpaired) electrons. The lowest BCUT2D eigenvalue weighted by Gasteiger charge is -2.40. The fourth-order valence-corrected chi connectivity index (χ4v) is 3.61. The van der Waals surface area contributed by atoms with Crippen LogP contribution in [0.2, 0.25) is 0 Å². The molecule has 1 unspecified atom stereocenters. The average molecular weight is 296 g/mol. The minimum Gasteiger partial charge on any atom is -0.347 e. The van der Waals surface area contributed by atoms with Gasteiger partial charge in [-0.1, -0.05) is 6.92 Å². The smallest absolute Gasteiger partial charge is 0.236 e. The molecule has 0 aromatic carbocycles. The van der Waals surface area contributed by atoms with Crippen LogP contribution in [0.5, 0.6) is 0 Å². The van der Waals surface area contributed by atoms with Crippen LogP contribution in [-0.4, -0.2) is 66.9 Å². The van der Waals surface area contributed by atoms with E-state index in [4.69, 9.17) is 9.47 Å². The first kappa shape index (κ1) is 15.3. The summed E-state index contributed by atoms with van der Waals surface area (Å²) in [5.74, 6) is 0.0867. The minimum atomic E-state index is -0.486. The summed E-state index contributed by atoms with van der Waals surface area (Å²) in [7, 11) is 0. The summed E-state index contributed by atoms with van der Waals surface area (Å²) < 4.78 is 11.6. The van der Waals surface area contributed by atoms with E-state index in [-0.39, 0.29) is 5.91 Å². The Labute approximate surface area is 127 Å². The molecule has 0 aromatic heterocycles. The van der Waals surface area contributed by atoms with Crippen LogP contribution in [0.1, 0.15) is 39.5 Å². The van der Waals surface area contributed by atoms with Gasteiger partial charge in [-0.3, -0.25) is 9.69 Å². The Bertz CT molecular complexity index is 378. The molecule has 0 bridgehead atoms. The molecule has 1 amide bonds. The van der Waals surface area contributed by atoms with E-state index in [9.17, 15) is 4.79 Å². The summed E-state index contributed by atoms with van der Waals surface area (Å²) in [5.41, 5.74) is 0. The first-order valence-electron chi connectivity index (χ1n) is 8.42. The molecule has 3 rings (SSSR count). The molecule has 5 heteroatoms. The highest BCUT2D eigenvalue weighted by molar-refractivity contribution is 5.78. The average Bonchev–Trinajstić information content (AvgIpc) is 3.26. The maximum Gasteiger partial charge on any atom is 0.236 e. The van der Waals surface area contributed by atoms with Crippen molar-refractivity contribution < 1.29 is 14.3 Å². The van der Waals surface area contributed by atoms with E-state index in [1.54, 1.807) is 0 Å². The van der Waals surface area contributed by atoms with Crippen LogP contribution in [0, 0.1) is 5.92 Å². The zero-order valence-electron chi connectivity index (χ0n) is 13.3. The van der Waals surface area contributed by atoms with Crippen LogP contribution in [0.4, 0.5) is 0 Å². The quantitative estimate of drug-likeness (QED) is 0.770. The fraction of sp³-hybridized carbons (Fsp3) is 0.938. The third-order valence-electron chi connectivity index (χ3n) is 5.18. The largest absolute Gasteiger partial charge is 0.347 e. The number of piperidine rings is 1. The van der Waals surface area contributed by atoms with Crippen molar-refractivity contribution in [3.05, 3.63) is 0 Å². The highest BCUT2D eigenvalue weighted by Gasteiger charge is 2.42. The monoisotopic (exact) mass is 296 g/mol. The van der Waals surface area contributed by atoms with Gasteiger partial charge in [-0.05, 0) is 39.2 Å². The Kier molecular flexibility index (Phi) is 4.52. The molecule has 3 aliphatic rings. The Balaban J connectivity index is 1.56. The van der Waals surface area contributed by atoms with Gasteiger partial charge in [-0.2, -0.15) is 0 Å². The summed E-state index contributed by atoms with van der Waals surface area (Å²) in [6.45, 7) is 8.72. The number of hydrogen-bond donors (Lipinski definition) is 0. The Morgan fingerprint density at radius 1 is 1.29 bits per heavy atom. The molecule has 2 aliphatic heterocycles. The van der Waals surface area contributed by atoms with E-state index in [2.05, 4.69) is 11.8 Å². The van der Waals surface area contributed by atoms with E-state index >= 15 is 0 Å². The summed E-state index contributed by atoms with van der Waals surface area (Å²) in [6.07, 6.45) is 4.64. The van der Waals surface area contributed by atoms with Crippen LogP contribution in [0.25, 0.3) is 0 Å². The minimum absolute atomic E-state index is 0.273. The zero-order valence-corrected chi connectivity index (χ0v) is 13.3. The van der Waals surface area contributed by atoms with Gasteiger partial charge in [0.25, 0.3) is 0 Å². The molecule has 2 heterocycles. The lowest BCUT2D eigenvalue weighted by atomic mass is 9.90. The molecule has 1 aliphatic carbocycles. The third-order valence-corrected chi connectivity index (χ3v) is 5.18. The Morgan fingerprint density at radius 3 is 2.62 bits per heavy atom. The van der Waals surface area contributed by atoms with E-state index in [0.717, 1.165) is 32.5 Å². The molecule has 120 valence electrons. The van der Waals surface area contributed by atoms with E-state index in [0.29, 0.717) is 31.7 Å². The van der Waals surface area contributed by atoms with Gasteiger partial charge in [-0.15, -0.1) is 0 Å². The number of rotatable bonds is 5. The maximum absolute atomic E-state index is 12.6. The van der Waals surface area contributed by atoms with Gasteiger partial charge >= 0.3 is 0 Å². The molecular weight excluding hydrogens is 268 g/mol. The predicted molar refractivity (Wildman–Crippen MR) is 79.9 cm³/mol. The van der Waals surface area contributed by atoms with Gasteiger partial charge < -0.3 is 14.4 Å². The maximum atomic E-state index is 12.6. The van der Waals surface area contributed by atoms with Crippen LogP contribution in [-0.2, 0) is 14.3 Å². The molecule has 3 fully saturated rings. The molecule has 0 spiro atoms. The first-order chi connectivity index (χ1) is 10.1. The SMILES string of the molecule is CCN(CC(=O)N1CCCC(C2(C)OCCO2)C1)C1CC1. The van der Waals surface area contributed by atoms with E-state index in [1.807, 2.05) is 11.8 Å². The van der Waals surface area contributed by atoms with Crippen LogP contribution in [0.15, 0.2) is 0 Å². The molecular formula is C16H28N2O3. The summed E-state index contributed by atoms with van der Waals surface area (Å²) in [5, 5.41) is 0. The number of likely N-dealkylation sites (tertiary alicyclic amines) is 1. The highest BCUT2D eigenvalue weighted by atomic mass is 16.7. The summed E-state index contributed by atoms with van der Waals surface area (Å²) >= 11 is 0. The lowest BCUT2D eigenvalue weighted by Crippen LogP contribution is -2.51. The van der Waals surface area contributed by atoms with Crippen molar-refractivity contribution in [2.45, 2.75) is 51.4 Å². The third kappa shape index (κ3) is 3.41. The Hall–Kier alpha value is -0.650. The van der Waals surface area contributed by atoms with E-state index in [1.165, 1.54) is 12.8 Å². The molecule has 21 heavy (non-hydrogen) atoms. The number of nitrogens with zero attached hydrogens (tertiary/aromatic N) is 2. The summed E-state index contributed by atoms with van der Waals surface area (Å²) in [4.78, 5) is 16.9. The molecule has 0 aromatic rings. The normalized spacial score (nSPS) is 29.1. The van der Waals surface area contributed by atoms with Gasteiger partial charge in [0, 0.05) is 25.0 Å². The number of hydrogen-bond acceptors (Lipinski definition) is 4. The standard InChI is InChI=1S/C16H28N2O3/c1-3-17(14-6-7-14)12-15(19)18-8-4-5-13(11-18)16(2)20-9-10-21-16/h13-14H,3-12H2,1-2H3. The van der Waals surface area contributed by atoms with Gasteiger partial charge in [0.05, 0.1) is 19.8 Å². The first-order valence-corrected chi connectivity index (χ1v) is 8.42. The lowest BCUT2D eigenvalue weighted by molar-refractivity contribution is -0.193.